The van der Waals surface area contributed by atoms with E-state index in [1.165, 1.54) is 25.3 Å². The summed E-state index contributed by atoms with van der Waals surface area (Å²) in [6, 6.07) is 9.01. The van der Waals surface area contributed by atoms with E-state index in [0.717, 1.165) is 4.90 Å². The van der Waals surface area contributed by atoms with Crippen molar-refractivity contribution in [2.45, 2.75) is 31.3 Å². The number of hydrogen-bond acceptors (Lipinski definition) is 8. The van der Waals surface area contributed by atoms with E-state index in [-0.39, 0.29) is 55.2 Å². The van der Waals surface area contributed by atoms with Crippen molar-refractivity contribution in [3.8, 4) is 11.5 Å². The first-order valence-electron chi connectivity index (χ1n) is 11.5. The maximum Gasteiger partial charge on any atom is 0.282 e. The molecule has 11 heteroatoms. The van der Waals surface area contributed by atoms with Gasteiger partial charge in [0.25, 0.3) is 17.5 Å². The lowest BCUT2D eigenvalue weighted by Gasteiger charge is -2.34. The minimum atomic E-state index is -0.782. The number of rotatable bonds is 6. The molecule has 0 bridgehead atoms. The standard InChI is InChI=1S/C25H23N3O8/c1-35-15-7-8-20-17(12-15)19(29)13-25(36-20)9-11-26(14-25)21(30)6-3-10-27-23(31)16-4-2-5-18(28(33)34)22(16)24(27)32/h2,4-5,7-8,12H,3,6,9-11,13-14H2,1H3. The number of amides is 3. The maximum atomic E-state index is 12.9. The molecular weight excluding hydrogens is 470 g/mol. The van der Waals surface area contributed by atoms with E-state index in [4.69, 9.17) is 9.47 Å². The number of fused-ring (bicyclic) bond motifs is 2. The summed E-state index contributed by atoms with van der Waals surface area (Å²) in [5.74, 6) is -0.524. The molecule has 1 atom stereocenters. The highest BCUT2D eigenvalue weighted by Gasteiger charge is 2.47. The molecule has 0 saturated carbocycles. The molecule has 0 aromatic heterocycles. The number of carbonyl (C=O) groups is 4. The van der Waals surface area contributed by atoms with Gasteiger partial charge in [0.1, 0.15) is 22.7 Å². The zero-order valence-electron chi connectivity index (χ0n) is 19.5. The van der Waals surface area contributed by atoms with Crippen molar-refractivity contribution in [2.24, 2.45) is 0 Å². The smallest absolute Gasteiger partial charge is 0.282 e. The Hall–Kier alpha value is -4.28. The Morgan fingerprint density at radius 2 is 1.97 bits per heavy atom. The molecule has 2 aromatic carbocycles. The van der Waals surface area contributed by atoms with Crippen LogP contribution in [0.4, 0.5) is 5.69 Å². The number of ketones is 1. The van der Waals surface area contributed by atoms with Gasteiger partial charge in [-0.05, 0) is 30.7 Å². The highest BCUT2D eigenvalue weighted by molar-refractivity contribution is 6.23. The van der Waals surface area contributed by atoms with E-state index < -0.39 is 28.0 Å². The van der Waals surface area contributed by atoms with Gasteiger partial charge in [-0.3, -0.25) is 34.2 Å². The molecule has 0 aliphatic carbocycles. The van der Waals surface area contributed by atoms with Gasteiger partial charge in [0.2, 0.25) is 5.91 Å². The summed E-state index contributed by atoms with van der Waals surface area (Å²) < 4.78 is 11.4. The summed E-state index contributed by atoms with van der Waals surface area (Å²) >= 11 is 0. The lowest BCUT2D eigenvalue weighted by molar-refractivity contribution is -0.385. The summed E-state index contributed by atoms with van der Waals surface area (Å²) in [7, 11) is 1.52. The first kappa shape index (κ1) is 23.5. The number of benzene rings is 2. The van der Waals surface area contributed by atoms with Crippen molar-refractivity contribution in [2.75, 3.05) is 26.7 Å². The molecule has 3 aliphatic heterocycles. The van der Waals surface area contributed by atoms with Crippen LogP contribution in [0.3, 0.4) is 0 Å². The second-order valence-electron chi connectivity index (χ2n) is 9.13. The molecule has 1 spiro atoms. The van der Waals surface area contributed by atoms with E-state index in [1.54, 1.807) is 23.1 Å². The number of methoxy groups -OCH3 is 1. The molecule has 36 heavy (non-hydrogen) atoms. The van der Waals surface area contributed by atoms with Crippen molar-refractivity contribution in [3.05, 3.63) is 63.2 Å². The molecule has 2 aromatic rings. The summed E-state index contributed by atoms with van der Waals surface area (Å²) in [4.78, 5) is 64.1. The number of nitro groups is 1. The van der Waals surface area contributed by atoms with E-state index in [9.17, 15) is 29.3 Å². The molecule has 0 radical (unpaired) electrons. The van der Waals surface area contributed by atoms with Crippen LogP contribution in [0, 0.1) is 10.1 Å². The van der Waals surface area contributed by atoms with E-state index in [0.29, 0.717) is 30.0 Å². The Labute approximate surface area is 205 Å². The van der Waals surface area contributed by atoms with E-state index in [2.05, 4.69) is 0 Å². The van der Waals surface area contributed by atoms with Crippen molar-refractivity contribution < 1.29 is 33.6 Å². The fourth-order valence-electron chi connectivity index (χ4n) is 5.10. The number of likely N-dealkylation sites (tertiary alicyclic amines) is 1. The fraction of sp³-hybridized carbons (Fsp3) is 0.360. The number of Topliss-reactive ketones (excluding diaryl/α,β-unsaturated/α-hetero) is 1. The third-order valence-corrected chi connectivity index (χ3v) is 6.91. The number of hydrogen-bond donors (Lipinski definition) is 0. The average Bonchev–Trinajstić information content (AvgIpc) is 3.38. The van der Waals surface area contributed by atoms with Gasteiger partial charge in [0.15, 0.2) is 5.78 Å². The molecule has 11 nitrogen and oxygen atoms in total. The normalized spacial score (nSPS) is 20.4. The summed E-state index contributed by atoms with van der Waals surface area (Å²) in [5.41, 5.74) is -0.938. The van der Waals surface area contributed by atoms with Crippen LogP contribution in [0.25, 0.3) is 0 Å². The van der Waals surface area contributed by atoms with Gasteiger partial charge in [-0.15, -0.1) is 0 Å². The van der Waals surface area contributed by atoms with Crippen molar-refractivity contribution in [1.82, 2.24) is 9.80 Å². The van der Waals surface area contributed by atoms with Gasteiger partial charge < -0.3 is 14.4 Å². The average molecular weight is 493 g/mol. The molecule has 1 unspecified atom stereocenters. The minimum Gasteiger partial charge on any atom is -0.497 e. The van der Waals surface area contributed by atoms with Crippen LogP contribution < -0.4 is 9.47 Å². The molecular formula is C25H23N3O8. The molecule has 3 amide bonds. The number of carbonyl (C=O) groups excluding carboxylic acids is 4. The Kier molecular flexibility index (Phi) is 5.70. The van der Waals surface area contributed by atoms with Crippen molar-refractivity contribution in [3.63, 3.8) is 0 Å². The molecule has 1 saturated heterocycles. The van der Waals surface area contributed by atoms with Crippen LogP contribution in [0.5, 0.6) is 11.5 Å². The highest BCUT2D eigenvalue weighted by atomic mass is 16.6. The second-order valence-corrected chi connectivity index (χ2v) is 9.13. The van der Waals surface area contributed by atoms with E-state index >= 15 is 0 Å². The van der Waals surface area contributed by atoms with Gasteiger partial charge in [0.05, 0.1) is 36.1 Å². The zero-order valence-corrected chi connectivity index (χ0v) is 19.5. The molecule has 3 aliphatic rings. The highest BCUT2D eigenvalue weighted by Crippen LogP contribution is 2.40. The maximum absolute atomic E-state index is 12.9. The van der Waals surface area contributed by atoms with Crippen molar-refractivity contribution in [1.29, 1.82) is 0 Å². The first-order chi connectivity index (χ1) is 17.2. The van der Waals surface area contributed by atoms with Gasteiger partial charge in [-0.2, -0.15) is 0 Å². The number of imide groups is 1. The molecule has 5 rings (SSSR count). The Morgan fingerprint density at radius 3 is 2.72 bits per heavy atom. The minimum absolute atomic E-state index is 0.000901. The molecule has 186 valence electrons. The summed E-state index contributed by atoms with van der Waals surface area (Å²) in [6.45, 7) is 0.664. The number of nitro benzene ring substituents is 1. The van der Waals surface area contributed by atoms with Crippen LogP contribution in [-0.4, -0.2) is 70.6 Å². The molecule has 1 fully saturated rings. The van der Waals surface area contributed by atoms with Gasteiger partial charge >= 0.3 is 0 Å². The quantitative estimate of drug-likeness (QED) is 0.340. The van der Waals surface area contributed by atoms with Crippen molar-refractivity contribution >= 4 is 29.2 Å². The molecule has 3 heterocycles. The third kappa shape index (κ3) is 3.86. The predicted molar refractivity (Wildman–Crippen MR) is 124 cm³/mol. The van der Waals surface area contributed by atoms with Gasteiger partial charge in [-0.1, -0.05) is 6.07 Å². The topological polar surface area (TPSA) is 136 Å². The Morgan fingerprint density at radius 1 is 1.17 bits per heavy atom. The SMILES string of the molecule is COc1ccc2c(c1)C(=O)CC1(CCN(C(=O)CCCN3C(=O)c4cccc([N+](=O)[O-])c4C3=O)C1)O2. The fourth-order valence-corrected chi connectivity index (χ4v) is 5.10. The van der Waals surface area contributed by atoms with Crippen LogP contribution in [0.2, 0.25) is 0 Å². The lowest BCUT2D eigenvalue weighted by Crippen LogP contribution is -2.45. The number of nitrogens with zero attached hydrogens (tertiary/aromatic N) is 3. The Balaban J connectivity index is 1.19. The largest absolute Gasteiger partial charge is 0.497 e. The van der Waals surface area contributed by atoms with Gasteiger partial charge in [-0.25, -0.2) is 0 Å². The van der Waals surface area contributed by atoms with Crippen LogP contribution in [0.15, 0.2) is 36.4 Å². The second kappa shape index (κ2) is 8.74. The monoisotopic (exact) mass is 493 g/mol. The van der Waals surface area contributed by atoms with Crippen LogP contribution in [0.1, 0.15) is 56.8 Å². The number of ether oxygens (including phenoxy) is 2. The Bertz CT molecular complexity index is 1320. The van der Waals surface area contributed by atoms with Crippen LogP contribution >= 0.6 is 0 Å². The predicted octanol–water partition coefficient (Wildman–Crippen LogP) is 2.62. The zero-order chi connectivity index (χ0) is 25.6. The molecule has 0 N–H and O–H groups in total. The summed E-state index contributed by atoms with van der Waals surface area (Å²) in [6.07, 6.45) is 0.958. The third-order valence-electron chi connectivity index (χ3n) is 6.91. The summed E-state index contributed by atoms with van der Waals surface area (Å²) in [5, 5.41) is 11.3. The lowest BCUT2D eigenvalue weighted by atomic mass is 9.89. The van der Waals surface area contributed by atoms with Gasteiger partial charge in [0, 0.05) is 32.0 Å². The van der Waals surface area contributed by atoms with Crippen LogP contribution in [-0.2, 0) is 4.79 Å². The van der Waals surface area contributed by atoms with E-state index in [1.807, 2.05) is 0 Å². The first-order valence-corrected chi connectivity index (χ1v) is 11.5.